The molecule has 3 heteroatoms. The van der Waals surface area contributed by atoms with Gasteiger partial charge in [0.25, 0.3) is 0 Å². The number of nitrogens with two attached hydrogens (primary N) is 1. The summed E-state index contributed by atoms with van der Waals surface area (Å²) in [6, 6.07) is 7.57. The van der Waals surface area contributed by atoms with Crippen molar-refractivity contribution in [1.29, 1.82) is 5.26 Å². The molecule has 0 fully saturated rings. The summed E-state index contributed by atoms with van der Waals surface area (Å²) in [5.41, 5.74) is 8.64. The van der Waals surface area contributed by atoms with Crippen molar-refractivity contribution in [3.63, 3.8) is 0 Å². The first-order chi connectivity index (χ1) is 6.31. The molecule has 3 nitrogen and oxygen atoms in total. The molecular formula is C10H10N2O. The van der Waals surface area contributed by atoms with Gasteiger partial charge in [-0.2, -0.15) is 5.26 Å². The van der Waals surface area contributed by atoms with Crippen molar-refractivity contribution in [2.24, 2.45) is 5.73 Å². The molecule has 1 unspecified atom stereocenters. The van der Waals surface area contributed by atoms with Crippen LogP contribution < -0.4 is 5.73 Å². The summed E-state index contributed by atoms with van der Waals surface area (Å²) in [5.74, 6) is 0. The van der Waals surface area contributed by atoms with Crippen LogP contribution in [0, 0.1) is 11.3 Å². The monoisotopic (exact) mass is 174 g/mol. The van der Waals surface area contributed by atoms with Gasteiger partial charge in [0, 0.05) is 0 Å². The van der Waals surface area contributed by atoms with Crippen LogP contribution in [-0.2, 0) is 11.3 Å². The SMILES string of the molecule is N#Cc1ccc2c(c1)C(N)COC2. The van der Waals surface area contributed by atoms with Crippen LogP contribution >= 0.6 is 0 Å². The Morgan fingerprint density at radius 3 is 3.15 bits per heavy atom. The van der Waals surface area contributed by atoms with E-state index in [1.165, 1.54) is 0 Å². The fourth-order valence-corrected chi connectivity index (χ4v) is 1.53. The highest BCUT2D eigenvalue weighted by Gasteiger charge is 2.16. The first-order valence-corrected chi connectivity index (χ1v) is 4.17. The van der Waals surface area contributed by atoms with Crippen LogP contribution in [0.1, 0.15) is 22.7 Å². The van der Waals surface area contributed by atoms with E-state index in [0.717, 1.165) is 11.1 Å². The van der Waals surface area contributed by atoms with Crippen molar-refractivity contribution in [2.75, 3.05) is 6.61 Å². The van der Waals surface area contributed by atoms with Crippen LogP contribution in [0.2, 0.25) is 0 Å². The Balaban J connectivity index is 2.48. The first-order valence-electron chi connectivity index (χ1n) is 4.17. The summed E-state index contributed by atoms with van der Waals surface area (Å²) in [7, 11) is 0. The van der Waals surface area contributed by atoms with Crippen LogP contribution in [0.4, 0.5) is 0 Å². The predicted octanol–water partition coefficient (Wildman–Crippen LogP) is 1.09. The molecule has 0 amide bonds. The zero-order chi connectivity index (χ0) is 9.26. The molecule has 2 N–H and O–H groups in total. The molecule has 0 spiro atoms. The maximum atomic E-state index is 8.70. The zero-order valence-corrected chi connectivity index (χ0v) is 7.16. The lowest BCUT2D eigenvalue weighted by Crippen LogP contribution is -2.23. The van der Waals surface area contributed by atoms with Gasteiger partial charge in [0.15, 0.2) is 0 Å². The quantitative estimate of drug-likeness (QED) is 0.640. The number of hydrogen-bond donors (Lipinski definition) is 1. The van der Waals surface area contributed by atoms with Crippen molar-refractivity contribution in [2.45, 2.75) is 12.6 Å². The van der Waals surface area contributed by atoms with E-state index in [9.17, 15) is 0 Å². The van der Waals surface area contributed by atoms with Gasteiger partial charge in [0.05, 0.1) is 30.9 Å². The van der Waals surface area contributed by atoms with Crippen molar-refractivity contribution >= 4 is 0 Å². The minimum Gasteiger partial charge on any atom is -0.375 e. The molecule has 1 aromatic carbocycles. The molecule has 0 radical (unpaired) electrons. The first kappa shape index (κ1) is 8.24. The number of hydrogen-bond acceptors (Lipinski definition) is 3. The summed E-state index contributed by atoms with van der Waals surface area (Å²) in [6.45, 7) is 1.15. The third kappa shape index (κ3) is 1.42. The Morgan fingerprint density at radius 2 is 2.38 bits per heavy atom. The van der Waals surface area contributed by atoms with Gasteiger partial charge in [-0.1, -0.05) is 6.07 Å². The topological polar surface area (TPSA) is 59.0 Å². The average Bonchev–Trinajstić information content (AvgIpc) is 2.18. The van der Waals surface area contributed by atoms with Gasteiger partial charge in [-0.05, 0) is 23.3 Å². The fourth-order valence-electron chi connectivity index (χ4n) is 1.53. The second kappa shape index (κ2) is 3.17. The smallest absolute Gasteiger partial charge is 0.0991 e. The van der Waals surface area contributed by atoms with E-state index >= 15 is 0 Å². The van der Waals surface area contributed by atoms with E-state index in [0.29, 0.717) is 18.8 Å². The van der Waals surface area contributed by atoms with Gasteiger partial charge in [-0.15, -0.1) is 0 Å². The van der Waals surface area contributed by atoms with E-state index in [4.69, 9.17) is 15.7 Å². The normalized spacial score (nSPS) is 20.5. The average molecular weight is 174 g/mol. The summed E-state index contributed by atoms with van der Waals surface area (Å²) in [5, 5.41) is 8.70. The van der Waals surface area contributed by atoms with Crippen LogP contribution in [-0.4, -0.2) is 6.61 Å². The summed E-state index contributed by atoms with van der Waals surface area (Å²) >= 11 is 0. The molecular weight excluding hydrogens is 164 g/mol. The van der Waals surface area contributed by atoms with Gasteiger partial charge in [0.1, 0.15) is 0 Å². The number of ether oxygens (including phenoxy) is 1. The molecule has 0 aliphatic carbocycles. The minimum absolute atomic E-state index is 0.0861. The number of benzene rings is 1. The minimum atomic E-state index is -0.0861. The third-order valence-electron chi connectivity index (χ3n) is 2.23. The Bertz CT molecular complexity index is 368. The van der Waals surface area contributed by atoms with Crippen LogP contribution in [0.25, 0.3) is 0 Å². The molecule has 1 atom stereocenters. The highest BCUT2D eigenvalue weighted by molar-refractivity contribution is 5.40. The predicted molar refractivity (Wildman–Crippen MR) is 47.7 cm³/mol. The Morgan fingerprint density at radius 1 is 1.54 bits per heavy atom. The third-order valence-corrected chi connectivity index (χ3v) is 2.23. The molecule has 0 aromatic heterocycles. The Kier molecular flexibility index (Phi) is 2.01. The van der Waals surface area contributed by atoms with Gasteiger partial charge < -0.3 is 10.5 Å². The number of fused-ring (bicyclic) bond motifs is 1. The van der Waals surface area contributed by atoms with Crippen molar-refractivity contribution < 1.29 is 4.74 Å². The maximum Gasteiger partial charge on any atom is 0.0991 e. The number of nitriles is 1. The van der Waals surface area contributed by atoms with E-state index < -0.39 is 0 Å². The van der Waals surface area contributed by atoms with Crippen LogP contribution in [0.5, 0.6) is 0 Å². The van der Waals surface area contributed by atoms with Gasteiger partial charge in [-0.3, -0.25) is 0 Å². The molecule has 0 saturated heterocycles. The lowest BCUT2D eigenvalue weighted by molar-refractivity contribution is 0.0924. The molecule has 1 aromatic rings. The number of nitrogens with zero attached hydrogens (tertiary/aromatic N) is 1. The van der Waals surface area contributed by atoms with Gasteiger partial charge >= 0.3 is 0 Å². The van der Waals surface area contributed by atoms with E-state index in [1.807, 2.05) is 12.1 Å². The lowest BCUT2D eigenvalue weighted by atomic mass is 9.97. The summed E-state index contributed by atoms with van der Waals surface area (Å²) < 4.78 is 5.27. The molecule has 13 heavy (non-hydrogen) atoms. The second-order valence-corrected chi connectivity index (χ2v) is 3.15. The molecule has 0 bridgehead atoms. The Hall–Kier alpha value is -1.37. The highest BCUT2D eigenvalue weighted by atomic mass is 16.5. The molecule has 0 saturated carbocycles. The van der Waals surface area contributed by atoms with Crippen molar-refractivity contribution in [3.05, 3.63) is 34.9 Å². The maximum absolute atomic E-state index is 8.70. The van der Waals surface area contributed by atoms with Crippen molar-refractivity contribution in [1.82, 2.24) is 0 Å². The van der Waals surface area contributed by atoms with E-state index in [-0.39, 0.29) is 6.04 Å². The molecule has 1 aliphatic rings. The largest absolute Gasteiger partial charge is 0.375 e. The highest BCUT2D eigenvalue weighted by Crippen LogP contribution is 2.23. The van der Waals surface area contributed by atoms with E-state index in [1.54, 1.807) is 6.07 Å². The van der Waals surface area contributed by atoms with Gasteiger partial charge in [-0.25, -0.2) is 0 Å². The molecule has 1 heterocycles. The second-order valence-electron chi connectivity index (χ2n) is 3.15. The molecule has 2 rings (SSSR count). The zero-order valence-electron chi connectivity index (χ0n) is 7.16. The van der Waals surface area contributed by atoms with Crippen molar-refractivity contribution in [3.8, 4) is 6.07 Å². The Labute approximate surface area is 76.7 Å². The van der Waals surface area contributed by atoms with E-state index in [2.05, 4.69) is 6.07 Å². The standard InChI is InChI=1S/C10H10N2O/c11-4-7-1-2-8-5-13-6-10(12)9(8)3-7/h1-3,10H,5-6,12H2. The fraction of sp³-hybridized carbons (Fsp3) is 0.300. The molecule has 66 valence electrons. The summed E-state index contributed by atoms with van der Waals surface area (Å²) in [6.07, 6.45) is 0. The number of rotatable bonds is 0. The van der Waals surface area contributed by atoms with Crippen LogP contribution in [0.3, 0.4) is 0 Å². The van der Waals surface area contributed by atoms with Crippen LogP contribution in [0.15, 0.2) is 18.2 Å². The molecule has 1 aliphatic heterocycles. The summed E-state index contributed by atoms with van der Waals surface area (Å²) in [4.78, 5) is 0. The van der Waals surface area contributed by atoms with Gasteiger partial charge in [0.2, 0.25) is 0 Å². The lowest BCUT2D eigenvalue weighted by Gasteiger charge is -2.22.